The van der Waals surface area contributed by atoms with Crippen LogP contribution in [0, 0.1) is 5.92 Å². The molecule has 2 atom stereocenters. The molecule has 5 N–H and O–H groups in total. The van der Waals surface area contributed by atoms with Crippen LogP contribution in [0.25, 0.3) is 21.9 Å². The summed E-state index contributed by atoms with van der Waals surface area (Å²) in [5.74, 6) is -0.932. The molecule has 6 rings (SSSR count). The van der Waals surface area contributed by atoms with E-state index in [-0.39, 0.29) is 29.6 Å². The van der Waals surface area contributed by atoms with Gasteiger partial charge in [0, 0.05) is 25.6 Å². The van der Waals surface area contributed by atoms with Gasteiger partial charge in [0.1, 0.15) is 12.4 Å². The van der Waals surface area contributed by atoms with Crippen molar-refractivity contribution in [2.45, 2.75) is 36.6 Å². The van der Waals surface area contributed by atoms with E-state index in [1.807, 2.05) is 29.3 Å². The van der Waals surface area contributed by atoms with Crippen molar-refractivity contribution in [1.82, 2.24) is 40.2 Å². The lowest BCUT2D eigenvalue weighted by molar-refractivity contribution is -0.139. The van der Waals surface area contributed by atoms with E-state index in [1.165, 1.54) is 29.4 Å². The van der Waals surface area contributed by atoms with Crippen molar-refractivity contribution in [2.24, 2.45) is 5.92 Å². The van der Waals surface area contributed by atoms with Crippen LogP contribution in [0.2, 0.25) is 0 Å². The molecule has 4 aromatic rings. The number of fused-ring (bicyclic) bond motifs is 2. The number of nitrogens with one attached hydrogen (secondary N) is 4. The van der Waals surface area contributed by atoms with E-state index in [2.05, 4.69) is 35.6 Å². The molecule has 14 nitrogen and oxygen atoms in total. The van der Waals surface area contributed by atoms with E-state index in [9.17, 15) is 23.1 Å². The number of nitrogens with zero attached hydrogens (tertiary/aromatic N) is 5. The van der Waals surface area contributed by atoms with Crippen molar-refractivity contribution in [3.63, 3.8) is 0 Å². The first kappa shape index (κ1) is 28.5. The Hall–Kier alpha value is -4.60. The minimum atomic E-state index is -4.15. The number of amides is 1. The molecule has 1 unspecified atom stereocenters. The third-order valence-corrected chi connectivity index (χ3v) is 9.13. The molecule has 43 heavy (non-hydrogen) atoms. The lowest BCUT2D eigenvalue weighted by Gasteiger charge is -2.33. The number of piperidine rings is 1. The molecule has 0 spiro atoms. The summed E-state index contributed by atoms with van der Waals surface area (Å²) in [5.41, 5.74) is 0.845. The number of anilines is 1. The summed E-state index contributed by atoms with van der Waals surface area (Å²) in [6.07, 6.45) is 7.49. The predicted molar refractivity (Wildman–Crippen MR) is 158 cm³/mol. The Kier molecular flexibility index (Phi) is 7.92. The maximum atomic E-state index is 13.2. The molecule has 0 bridgehead atoms. The average Bonchev–Trinajstić information content (AvgIpc) is 3.43. The first-order valence-electron chi connectivity index (χ1n) is 13.9. The third kappa shape index (κ3) is 6.14. The number of rotatable bonds is 9. The molecular weight excluding hydrogens is 574 g/mol. The van der Waals surface area contributed by atoms with Gasteiger partial charge in [-0.2, -0.15) is 4.72 Å². The number of aromatic nitrogens is 4. The quantitative estimate of drug-likeness (QED) is 0.181. The first-order chi connectivity index (χ1) is 20.8. The lowest BCUT2D eigenvalue weighted by atomic mass is 9.96. The van der Waals surface area contributed by atoms with E-state index >= 15 is 0 Å². The van der Waals surface area contributed by atoms with Crippen LogP contribution in [0.3, 0.4) is 0 Å². The zero-order valence-corrected chi connectivity index (χ0v) is 23.9. The zero-order valence-electron chi connectivity index (χ0n) is 23.1. The SMILES string of the molecule is O=C(NC1NC=CCN1)C1CCN(c2ncnc3c2ncn3C[C@H](NS(=O)(=O)c2ccc3ccccc3c2)C(=O)O)CC1. The number of carbonyl (C=O) groups is 2. The van der Waals surface area contributed by atoms with Crippen molar-refractivity contribution in [3.05, 3.63) is 67.4 Å². The Bertz CT molecular complexity index is 1800. The summed E-state index contributed by atoms with van der Waals surface area (Å²) in [7, 11) is -4.15. The van der Waals surface area contributed by atoms with E-state index in [0.717, 1.165) is 10.8 Å². The van der Waals surface area contributed by atoms with Crippen LogP contribution in [0.1, 0.15) is 12.8 Å². The molecule has 2 aliphatic heterocycles. The van der Waals surface area contributed by atoms with E-state index in [0.29, 0.717) is 49.5 Å². The van der Waals surface area contributed by atoms with Crippen molar-refractivity contribution in [1.29, 1.82) is 0 Å². The summed E-state index contributed by atoms with van der Waals surface area (Å²) in [6, 6.07) is 10.5. The van der Waals surface area contributed by atoms with Gasteiger partial charge < -0.3 is 25.2 Å². The Morgan fingerprint density at radius 2 is 1.86 bits per heavy atom. The van der Waals surface area contributed by atoms with E-state index < -0.39 is 22.0 Å². The number of imidazole rings is 1. The maximum Gasteiger partial charge on any atom is 0.323 e. The molecule has 4 heterocycles. The molecule has 2 aliphatic rings. The number of hydrogen-bond acceptors (Lipinski definition) is 10. The van der Waals surface area contributed by atoms with Gasteiger partial charge in [0.25, 0.3) is 0 Å². The summed E-state index contributed by atoms with van der Waals surface area (Å²) in [4.78, 5) is 40.1. The summed E-state index contributed by atoms with van der Waals surface area (Å²) < 4.78 is 30.1. The molecule has 1 fully saturated rings. The fourth-order valence-corrected chi connectivity index (χ4v) is 6.58. The molecular formula is C28H31N9O5S. The number of carboxylic acids is 1. The van der Waals surface area contributed by atoms with Crippen LogP contribution < -0.4 is 25.6 Å². The second-order valence-electron chi connectivity index (χ2n) is 10.5. The Labute approximate surface area is 247 Å². The highest BCUT2D eigenvalue weighted by Crippen LogP contribution is 2.27. The number of carbonyl (C=O) groups excluding carboxylic acids is 1. The summed E-state index contributed by atoms with van der Waals surface area (Å²) in [5, 5.41) is 20.7. The van der Waals surface area contributed by atoms with Gasteiger partial charge in [-0.3, -0.25) is 14.9 Å². The average molecular weight is 606 g/mol. The monoisotopic (exact) mass is 605 g/mol. The Balaban J connectivity index is 1.15. The minimum absolute atomic E-state index is 0.0251. The van der Waals surface area contributed by atoms with Crippen molar-refractivity contribution < 1.29 is 23.1 Å². The second-order valence-corrected chi connectivity index (χ2v) is 12.2. The van der Waals surface area contributed by atoms with Crippen LogP contribution in [0.4, 0.5) is 5.82 Å². The Morgan fingerprint density at radius 3 is 2.60 bits per heavy atom. The molecule has 0 aliphatic carbocycles. The normalized spacial score (nSPS) is 18.4. The highest BCUT2D eigenvalue weighted by atomic mass is 32.2. The molecule has 0 saturated carbocycles. The molecule has 0 radical (unpaired) electrons. The van der Waals surface area contributed by atoms with E-state index in [4.69, 9.17) is 0 Å². The fraction of sp³-hybridized carbons (Fsp3) is 0.321. The van der Waals surface area contributed by atoms with Crippen molar-refractivity contribution in [2.75, 3.05) is 24.5 Å². The first-order valence-corrected chi connectivity index (χ1v) is 15.4. The van der Waals surface area contributed by atoms with Gasteiger partial charge in [0.15, 0.2) is 23.3 Å². The van der Waals surface area contributed by atoms with Crippen LogP contribution in [0.15, 0.2) is 72.3 Å². The van der Waals surface area contributed by atoms with Crippen molar-refractivity contribution >= 4 is 49.7 Å². The van der Waals surface area contributed by atoms with Crippen LogP contribution in [-0.2, 0) is 26.2 Å². The van der Waals surface area contributed by atoms with Crippen LogP contribution in [-0.4, -0.2) is 76.9 Å². The molecule has 2 aromatic carbocycles. The number of benzene rings is 2. The summed E-state index contributed by atoms with van der Waals surface area (Å²) in [6.45, 7) is 1.59. The number of sulfonamides is 1. The number of hydrogen-bond donors (Lipinski definition) is 5. The van der Waals surface area contributed by atoms with Gasteiger partial charge in [-0.1, -0.05) is 36.4 Å². The minimum Gasteiger partial charge on any atom is -0.480 e. The second kappa shape index (κ2) is 11.9. The fourth-order valence-electron chi connectivity index (χ4n) is 5.36. The van der Waals surface area contributed by atoms with E-state index in [1.54, 1.807) is 18.2 Å². The lowest BCUT2D eigenvalue weighted by Crippen LogP contribution is -2.56. The molecule has 15 heteroatoms. The predicted octanol–water partition coefficient (Wildman–Crippen LogP) is 0.734. The summed E-state index contributed by atoms with van der Waals surface area (Å²) >= 11 is 0. The standard InChI is InChI=1S/C28H31N9O5S/c38-26(34-28-29-10-3-11-30-28)19-8-12-36(13-9-19)24-23-25(32-16-31-24)37(17-33-23)15-22(27(39)40)35-43(41,42)21-7-6-18-4-1-2-5-20(18)14-21/h1-7,10,14,16-17,19,22,28-30,35H,8-9,11-13,15H2,(H,34,38)(H,39,40)/t22-,28?/m0/s1. The van der Waals surface area contributed by atoms with Crippen LogP contribution >= 0.6 is 0 Å². The highest BCUT2D eigenvalue weighted by molar-refractivity contribution is 7.89. The number of carboxylic acid groups (broad SMARTS) is 1. The smallest absolute Gasteiger partial charge is 0.323 e. The zero-order chi connectivity index (χ0) is 30.0. The van der Waals surface area contributed by atoms with Gasteiger partial charge in [0.2, 0.25) is 15.9 Å². The highest BCUT2D eigenvalue weighted by Gasteiger charge is 2.30. The molecule has 2 aromatic heterocycles. The van der Waals surface area contributed by atoms with Crippen molar-refractivity contribution in [3.8, 4) is 0 Å². The van der Waals surface area contributed by atoms with Gasteiger partial charge in [-0.25, -0.2) is 23.4 Å². The molecule has 1 amide bonds. The topological polar surface area (TPSA) is 183 Å². The van der Waals surface area contributed by atoms with Gasteiger partial charge >= 0.3 is 5.97 Å². The molecule has 1 saturated heterocycles. The molecule has 224 valence electrons. The number of aliphatic carboxylic acids is 1. The van der Waals surface area contributed by atoms with Gasteiger partial charge in [-0.15, -0.1) is 0 Å². The van der Waals surface area contributed by atoms with Gasteiger partial charge in [0.05, 0.1) is 17.8 Å². The maximum absolute atomic E-state index is 13.2. The largest absolute Gasteiger partial charge is 0.480 e. The Morgan fingerprint density at radius 1 is 1.07 bits per heavy atom. The van der Waals surface area contributed by atoms with Crippen LogP contribution in [0.5, 0.6) is 0 Å². The third-order valence-electron chi connectivity index (χ3n) is 7.66. The van der Waals surface area contributed by atoms with Gasteiger partial charge in [-0.05, 0) is 41.9 Å².